The molecule has 0 radical (unpaired) electrons. The summed E-state index contributed by atoms with van der Waals surface area (Å²) in [5.41, 5.74) is 7.65. The summed E-state index contributed by atoms with van der Waals surface area (Å²) in [4.78, 5) is 10.1. The van der Waals surface area contributed by atoms with Gasteiger partial charge in [0.2, 0.25) is 0 Å². The third-order valence-electron chi connectivity index (χ3n) is 5.32. The molecule has 0 saturated carbocycles. The van der Waals surface area contributed by atoms with Gasteiger partial charge in [0.05, 0.1) is 22.4 Å². The molecule has 116 valence electrons. The molecule has 0 bridgehead atoms. The number of aromatic nitrogens is 2. The van der Waals surface area contributed by atoms with Crippen LogP contribution in [0.2, 0.25) is 0 Å². The van der Waals surface area contributed by atoms with Crippen molar-refractivity contribution in [1.29, 1.82) is 0 Å². The van der Waals surface area contributed by atoms with E-state index in [0.717, 1.165) is 22.4 Å². The Kier molecular flexibility index (Phi) is 2.52. The molecule has 3 aromatic carbocycles. The number of hydrogen-bond acceptors (Lipinski definition) is 2. The Balaban J connectivity index is 2.02. The van der Waals surface area contributed by atoms with E-state index < -0.39 is 0 Å². The topological polar surface area (TPSA) is 25.8 Å². The van der Waals surface area contributed by atoms with E-state index in [4.69, 9.17) is 9.97 Å². The van der Waals surface area contributed by atoms with Crippen molar-refractivity contribution in [2.24, 2.45) is 0 Å². The monoisotopic (exact) mass is 310 g/mol. The predicted molar refractivity (Wildman–Crippen MR) is 99.3 cm³/mol. The summed E-state index contributed by atoms with van der Waals surface area (Å²) in [6.07, 6.45) is 0. The van der Waals surface area contributed by atoms with Crippen molar-refractivity contribution in [2.75, 3.05) is 0 Å². The first-order chi connectivity index (χ1) is 11.6. The zero-order chi connectivity index (χ0) is 16.5. The average Bonchev–Trinajstić information content (AvgIpc) is 2.59. The SMILES string of the molecule is Cc1cccc2nc3c(nc12)C(C)(C)c1cccc2cccc-3c12. The van der Waals surface area contributed by atoms with Gasteiger partial charge in [0, 0.05) is 11.0 Å². The van der Waals surface area contributed by atoms with Gasteiger partial charge in [-0.2, -0.15) is 0 Å². The number of benzene rings is 3. The number of para-hydroxylation sites is 1. The zero-order valence-electron chi connectivity index (χ0n) is 14.1. The van der Waals surface area contributed by atoms with E-state index in [1.54, 1.807) is 0 Å². The minimum absolute atomic E-state index is 0.160. The fourth-order valence-corrected chi connectivity index (χ4v) is 4.03. The molecule has 0 amide bonds. The molecule has 1 aliphatic rings. The van der Waals surface area contributed by atoms with Crippen LogP contribution in [0, 0.1) is 6.92 Å². The highest BCUT2D eigenvalue weighted by atomic mass is 14.9. The molecule has 0 N–H and O–H groups in total. The van der Waals surface area contributed by atoms with Gasteiger partial charge in [0.25, 0.3) is 0 Å². The van der Waals surface area contributed by atoms with Crippen LogP contribution in [0.25, 0.3) is 33.1 Å². The molecule has 0 saturated heterocycles. The molecule has 0 spiro atoms. The van der Waals surface area contributed by atoms with E-state index in [9.17, 15) is 0 Å². The minimum atomic E-state index is -0.160. The molecule has 5 rings (SSSR count). The Hall–Kier alpha value is -2.74. The van der Waals surface area contributed by atoms with Gasteiger partial charge >= 0.3 is 0 Å². The molecule has 4 aromatic rings. The van der Waals surface area contributed by atoms with Crippen LogP contribution in [0.5, 0.6) is 0 Å². The van der Waals surface area contributed by atoms with Gasteiger partial charge < -0.3 is 0 Å². The maximum absolute atomic E-state index is 5.09. The number of aryl methyl sites for hydroxylation is 1. The molecule has 1 aromatic heterocycles. The first-order valence-corrected chi connectivity index (χ1v) is 8.38. The van der Waals surface area contributed by atoms with Crippen molar-refractivity contribution in [3.05, 3.63) is 71.4 Å². The molecule has 0 atom stereocenters. The van der Waals surface area contributed by atoms with Crippen LogP contribution < -0.4 is 0 Å². The fourth-order valence-electron chi connectivity index (χ4n) is 4.03. The maximum Gasteiger partial charge on any atom is 0.0940 e. The molecular weight excluding hydrogens is 292 g/mol. The van der Waals surface area contributed by atoms with Crippen LogP contribution in [0.3, 0.4) is 0 Å². The molecule has 2 heteroatoms. The van der Waals surface area contributed by atoms with Crippen LogP contribution in [0.4, 0.5) is 0 Å². The van der Waals surface area contributed by atoms with Crippen molar-refractivity contribution in [2.45, 2.75) is 26.2 Å². The lowest BCUT2D eigenvalue weighted by Gasteiger charge is -2.33. The maximum atomic E-state index is 5.09. The molecule has 2 nitrogen and oxygen atoms in total. The molecule has 1 heterocycles. The highest BCUT2D eigenvalue weighted by Crippen LogP contribution is 2.47. The van der Waals surface area contributed by atoms with E-state index in [0.29, 0.717) is 0 Å². The number of hydrogen-bond donors (Lipinski definition) is 0. The smallest absolute Gasteiger partial charge is 0.0940 e. The lowest BCUT2D eigenvalue weighted by molar-refractivity contribution is 0.620. The highest BCUT2D eigenvalue weighted by molar-refractivity contribution is 6.02. The van der Waals surface area contributed by atoms with Crippen LogP contribution in [0.1, 0.15) is 30.7 Å². The number of rotatable bonds is 0. The average molecular weight is 310 g/mol. The van der Waals surface area contributed by atoms with Gasteiger partial charge in [-0.3, -0.25) is 0 Å². The second-order valence-electron chi connectivity index (χ2n) is 7.20. The van der Waals surface area contributed by atoms with Crippen molar-refractivity contribution >= 4 is 21.8 Å². The van der Waals surface area contributed by atoms with E-state index in [-0.39, 0.29) is 5.41 Å². The lowest BCUT2D eigenvalue weighted by Crippen LogP contribution is -2.26. The van der Waals surface area contributed by atoms with Gasteiger partial charge in [-0.05, 0) is 34.9 Å². The second kappa shape index (κ2) is 4.41. The Morgan fingerprint density at radius 3 is 2.42 bits per heavy atom. The largest absolute Gasteiger partial charge is 0.248 e. The van der Waals surface area contributed by atoms with Crippen molar-refractivity contribution in [3.8, 4) is 11.3 Å². The van der Waals surface area contributed by atoms with Crippen molar-refractivity contribution in [3.63, 3.8) is 0 Å². The summed E-state index contributed by atoms with van der Waals surface area (Å²) in [6, 6.07) is 19.3. The quantitative estimate of drug-likeness (QED) is 0.435. The third kappa shape index (κ3) is 1.60. The van der Waals surface area contributed by atoms with Crippen LogP contribution >= 0.6 is 0 Å². The second-order valence-corrected chi connectivity index (χ2v) is 7.20. The first kappa shape index (κ1) is 13.7. The Morgan fingerprint density at radius 1 is 0.833 bits per heavy atom. The van der Waals surface area contributed by atoms with Gasteiger partial charge in [0.1, 0.15) is 0 Å². The van der Waals surface area contributed by atoms with Crippen LogP contribution in [-0.2, 0) is 5.41 Å². The molecular formula is C22H18N2. The number of nitrogens with zero attached hydrogens (tertiary/aromatic N) is 2. The summed E-state index contributed by atoms with van der Waals surface area (Å²) in [7, 11) is 0. The molecule has 24 heavy (non-hydrogen) atoms. The standard InChI is InChI=1S/C22H18N2/c1-13-7-4-12-17-19(13)24-21-20(23-17)15-10-5-8-14-9-6-11-16(18(14)15)22(21,2)3/h4-12H,1-3H3. The molecule has 0 aliphatic heterocycles. The zero-order valence-corrected chi connectivity index (χ0v) is 14.1. The summed E-state index contributed by atoms with van der Waals surface area (Å²) in [6.45, 7) is 6.62. The molecule has 0 fully saturated rings. The van der Waals surface area contributed by atoms with E-state index >= 15 is 0 Å². The third-order valence-corrected chi connectivity index (χ3v) is 5.32. The van der Waals surface area contributed by atoms with Gasteiger partial charge in [0.15, 0.2) is 0 Å². The minimum Gasteiger partial charge on any atom is -0.248 e. The lowest BCUT2D eigenvalue weighted by atomic mass is 9.72. The molecule has 0 unspecified atom stereocenters. The summed E-state index contributed by atoms with van der Waals surface area (Å²) < 4.78 is 0. The Bertz CT molecular complexity index is 1130. The predicted octanol–water partition coefficient (Wildman–Crippen LogP) is 5.40. The molecule has 1 aliphatic carbocycles. The Morgan fingerprint density at radius 2 is 1.58 bits per heavy atom. The van der Waals surface area contributed by atoms with Gasteiger partial charge in [-0.1, -0.05) is 62.4 Å². The first-order valence-electron chi connectivity index (χ1n) is 8.38. The van der Waals surface area contributed by atoms with Crippen LogP contribution in [0.15, 0.2) is 54.6 Å². The summed E-state index contributed by atoms with van der Waals surface area (Å²) >= 11 is 0. The van der Waals surface area contributed by atoms with Crippen molar-refractivity contribution in [1.82, 2.24) is 9.97 Å². The van der Waals surface area contributed by atoms with Gasteiger partial charge in [-0.25, -0.2) is 9.97 Å². The highest BCUT2D eigenvalue weighted by Gasteiger charge is 2.36. The van der Waals surface area contributed by atoms with E-state index in [1.165, 1.54) is 27.5 Å². The van der Waals surface area contributed by atoms with Crippen molar-refractivity contribution < 1.29 is 0 Å². The van der Waals surface area contributed by atoms with E-state index in [2.05, 4.69) is 75.4 Å². The van der Waals surface area contributed by atoms with Crippen LogP contribution in [-0.4, -0.2) is 9.97 Å². The summed E-state index contributed by atoms with van der Waals surface area (Å²) in [5, 5.41) is 2.59. The normalized spacial score (nSPS) is 14.8. The Labute approximate surface area is 141 Å². The van der Waals surface area contributed by atoms with E-state index in [1.807, 2.05) is 0 Å². The fraction of sp³-hybridized carbons (Fsp3) is 0.182. The summed E-state index contributed by atoms with van der Waals surface area (Å²) in [5.74, 6) is 0. The van der Waals surface area contributed by atoms with Gasteiger partial charge in [-0.15, -0.1) is 0 Å². The number of fused-ring (bicyclic) bond motifs is 3.